The molecular formula is C11H7FN2O2. The summed E-state index contributed by atoms with van der Waals surface area (Å²) in [5, 5.41) is 18.7. The number of hydrogen-bond donors (Lipinski definition) is 0. The molecule has 0 atom stereocenters. The zero-order valence-electron chi connectivity index (χ0n) is 8.45. The van der Waals surface area contributed by atoms with E-state index >= 15 is 0 Å². The Bertz CT molecular complexity index is 535. The van der Waals surface area contributed by atoms with Gasteiger partial charge in [0.15, 0.2) is 0 Å². The highest BCUT2D eigenvalue weighted by atomic mass is 19.1. The van der Waals surface area contributed by atoms with Crippen LogP contribution in [0.4, 0.5) is 10.1 Å². The number of aryl methyl sites for hydroxylation is 1. The normalized spacial score (nSPS) is 8.81. The van der Waals surface area contributed by atoms with Crippen LogP contribution in [0.25, 0.3) is 0 Å². The molecule has 0 radical (unpaired) electrons. The first-order valence-electron chi connectivity index (χ1n) is 4.36. The van der Waals surface area contributed by atoms with Gasteiger partial charge in [-0.2, -0.15) is 9.65 Å². The van der Waals surface area contributed by atoms with Crippen molar-refractivity contribution in [3.05, 3.63) is 39.2 Å². The molecule has 0 bridgehead atoms. The lowest BCUT2D eigenvalue weighted by Crippen LogP contribution is -1.95. The van der Waals surface area contributed by atoms with Gasteiger partial charge in [-0.05, 0) is 18.6 Å². The summed E-state index contributed by atoms with van der Waals surface area (Å²) in [4.78, 5) is 9.65. The van der Waals surface area contributed by atoms with Crippen molar-refractivity contribution in [2.24, 2.45) is 0 Å². The molecule has 0 aliphatic carbocycles. The van der Waals surface area contributed by atoms with E-state index in [1.165, 1.54) is 0 Å². The Balaban J connectivity index is 3.18. The molecule has 0 aliphatic heterocycles. The molecule has 0 unspecified atom stereocenters. The van der Waals surface area contributed by atoms with Gasteiger partial charge in [0.2, 0.25) is 5.82 Å². The predicted molar refractivity (Wildman–Crippen MR) is 54.9 cm³/mol. The molecule has 0 amide bonds. The Kier molecular flexibility index (Phi) is 3.58. The molecule has 4 nitrogen and oxygen atoms in total. The molecule has 80 valence electrons. The molecule has 1 aromatic rings. The summed E-state index contributed by atoms with van der Waals surface area (Å²) >= 11 is 0. The highest BCUT2D eigenvalue weighted by Gasteiger charge is 2.15. The maximum atomic E-state index is 13.2. The second kappa shape index (κ2) is 4.90. The fraction of sp³-hybridized carbons (Fsp3) is 0.182. The molecule has 0 spiro atoms. The summed E-state index contributed by atoms with van der Waals surface area (Å²) in [6.07, 6.45) is 0.0397. The van der Waals surface area contributed by atoms with Crippen LogP contribution >= 0.6 is 0 Å². The minimum atomic E-state index is -0.920. The standard InChI is InChI=1S/C11H7FN2O2/c1-8-6-11(14(15)16)10(12)7-9(8)4-2-3-5-13/h6-7H,3H2,1H3. The molecule has 0 aliphatic rings. The summed E-state index contributed by atoms with van der Waals surface area (Å²) in [6, 6.07) is 3.97. The number of benzene rings is 1. The highest BCUT2D eigenvalue weighted by molar-refractivity contribution is 5.48. The molecule has 1 aromatic carbocycles. The van der Waals surface area contributed by atoms with Gasteiger partial charge in [0.05, 0.1) is 17.4 Å². The van der Waals surface area contributed by atoms with E-state index in [2.05, 4.69) is 11.8 Å². The molecule has 5 heteroatoms. The minimum Gasteiger partial charge on any atom is -0.258 e. The average Bonchev–Trinajstić information content (AvgIpc) is 2.22. The summed E-state index contributed by atoms with van der Waals surface area (Å²) < 4.78 is 13.2. The summed E-state index contributed by atoms with van der Waals surface area (Å²) in [5.74, 6) is 4.19. The molecular weight excluding hydrogens is 211 g/mol. The predicted octanol–water partition coefficient (Wildman–Crippen LogP) is 2.31. The zero-order chi connectivity index (χ0) is 12.1. The number of halogens is 1. The van der Waals surface area contributed by atoms with Crippen LogP contribution in [0.3, 0.4) is 0 Å². The molecule has 1 rings (SSSR count). The molecule has 16 heavy (non-hydrogen) atoms. The van der Waals surface area contributed by atoms with E-state index < -0.39 is 16.4 Å². The maximum Gasteiger partial charge on any atom is 0.305 e. The smallest absolute Gasteiger partial charge is 0.258 e. The van der Waals surface area contributed by atoms with Gasteiger partial charge in [-0.25, -0.2) is 0 Å². The number of rotatable bonds is 1. The highest BCUT2D eigenvalue weighted by Crippen LogP contribution is 2.21. The second-order valence-corrected chi connectivity index (χ2v) is 3.01. The first-order chi connectivity index (χ1) is 7.56. The lowest BCUT2D eigenvalue weighted by Gasteiger charge is -1.99. The lowest BCUT2D eigenvalue weighted by atomic mass is 10.1. The Morgan fingerprint density at radius 1 is 1.56 bits per heavy atom. The third-order valence-corrected chi connectivity index (χ3v) is 1.88. The van der Waals surface area contributed by atoms with Gasteiger partial charge >= 0.3 is 5.69 Å². The number of nitrogens with zero attached hydrogens (tertiary/aromatic N) is 2. The van der Waals surface area contributed by atoms with Crippen LogP contribution in [-0.4, -0.2) is 4.92 Å². The minimum absolute atomic E-state index is 0.0397. The van der Waals surface area contributed by atoms with Gasteiger partial charge < -0.3 is 0 Å². The van der Waals surface area contributed by atoms with E-state index in [0.717, 1.165) is 12.1 Å². The average molecular weight is 218 g/mol. The Labute approximate surface area is 91.5 Å². The summed E-state index contributed by atoms with van der Waals surface area (Å²) in [5.41, 5.74) is 0.306. The molecule has 0 heterocycles. The quantitative estimate of drug-likeness (QED) is 0.412. The van der Waals surface area contributed by atoms with Gasteiger partial charge in [-0.15, -0.1) is 0 Å². The van der Waals surface area contributed by atoms with Crippen LogP contribution in [0.5, 0.6) is 0 Å². The largest absolute Gasteiger partial charge is 0.305 e. The van der Waals surface area contributed by atoms with Crippen molar-refractivity contribution in [3.8, 4) is 17.9 Å². The Morgan fingerprint density at radius 2 is 2.25 bits per heavy atom. The van der Waals surface area contributed by atoms with Crippen molar-refractivity contribution in [1.82, 2.24) is 0 Å². The summed E-state index contributed by atoms with van der Waals surface area (Å²) in [6.45, 7) is 1.60. The van der Waals surface area contributed by atoms with E-state index in [0.29, 0.717) is 11.1 Å². The maximum absolute atomic E-state index is 13.2. The van der Waals surface area contributed by atoms with E-state index in [1.807, 2.05) is 6.07 Å². The van der Waals surface area contributed by atoms with Crippen molar-refractivity contribution in [2.45, 2.75) is 13.3 Å². The van der Waals surface area contributed by atoms with Crippen molar-refractivity contribution < 1.29 is 9.31 Å². The van der Waals surface area contributed by atoms with Crippen molar-refractivity contribution in [1.29, 1.82) is 5.26 Å². The monoisotopic (exact) mass is 218 g/mol. The number of nitro groups is 1. The number of hydrogen-bond acceptors (Lipinski definition) is 3. The Morgan fingerprint density at radius 3 is 2.81 bits per heavy atom. The fourth-order valence-electron chi connectivity index (χ4n) is 1.12. The molecule has 0 fully saturated rings. The van der Waals surface area contributed by atoms with Crippen LogP contribution in [0.2, 0.25) is 0 Å². The van der Waals surface area contributed by atoms with E-state index in [9.17, 15) is 14.5 Å². The topological polar surface area (TPSA) is 66.9 Å². The van der Waals surface area contributed by atoms with E-state index in [4.69, 9.17) is 5.26 Å². The number of nitro benzene ring substituents is 1. The van der Waals surface area contributed by atoms with Gasteiger partial charge in [0.25, 0.3) is 0 Å². The molecule has 0 aromatic heterocycles. The fourth-order valence-corrected chi connectivity index (χ4v) is 1.12. The lowest BCUT2D eigenvalue weighted by molar-refractivity contribution is -0.387. The van der Waals surface area contributed by atoms with Crippen LogP contribution in [-0.2, 0) is 0 Å². The second-order valence-electron chi connectivity index (χ2n) is 3.01. The van der Waals surface area contributed by atoms with Crippen molar-refractivity contribution in [2.75, 3.05) is 0 Å². The van der Waals surface area contributed by atoms with Crippen molar-refractivity contribution >= 4 is 5.69 Å². The van der Waals surface area contributed by atoms with E-state index in [-0.39, 0.29) is 6.42 Å². The van der Waals surface area contributed by atoms with E-state index in [1.54, 1.807) is 6.92 Å². The van der Waals surface area contributed by atoms with Crippen LogP contribution in [0.1, 0.15) is 17.5 Å². The van der Waals surface area contributed by atoms with Crippen LogP contribution < -0.4 is 0 Å². The molecule has 0 saturated heterocycles. The van der Waals surface area contributed by atoms with Crippen molar-refractivity contribution in [3.63, 3.8) is 0 Å². The first kappa shape index (κ1) is 11.7. The van der Waals surface area contributed by atoms with Gasteiger partial charge in [0, 0.05) is 11.6 Å². The zero-order valence-corrected chi connectivity index (χ0v) is 8.45. The molecule has 0 N–H and O–H groups in total. The SMILES string of the molecule is Cc1cc([N+](=O)[O-])c(F)cc1C#CCC#N. The van der Waals surface area contributed by atoms with Gasteiger partial charge in [-0.1, -0.05) is 11.8 Å². The molecule has 0 saturated carbocycles. The Hall–Kier alpha value is -2.40. The van der Waals surface area contributed by atoms with Gasteiger partial charge in [-0.3, -0.25) is 10.1 Å². The first-order valence-corrected chi connectivity index (χ1v) is 4.36. The van der Waals surface area contributed by atoms with Crippen LogP contribution in [0, 0.1) is 46.0 Å². The number of nitriles is 1. The van der Waals surface area contributed by atoms with Crippen LogP contribution in [0.15, 0.2) is 12.1 Å². The summed E-state index contributed by atoms with van der Waals surface area (Å²) in [7, 11) is 0. The third kappa shape index (κ3) is 2.55. The third-order valence-electron chi connectivity index (χ3n) is 1.88. The van der Waals surface area contributed by atoms with Gasteiger partial charge in [0.1, 0.15) is 0 Å².